The zero-order valence-electron chi connectivity index (χ0n) is 18.2. The quantitative estimate of drug-likeness (QED) is 0.446. The lowest BCUT2D eigenvalue weighted by Gasteiger charge is -2.20. The fraction of sp³-hybridized carbons (Fsp3) is 0.231. The van der Waals surface area contributed by atoms with Gasteiger partial charge in [0.25, 0.3) is 0 Å². The van der Waals surface area contributed by atoms with Gasteiger partial charge < -0.3 is 15.2 Å². The fourth-order valence-corrected chi connectivity index (χ4v) is 4.70. The van der Waals surface area contributed by atoms with Gasteiger partial charge in [-0.3, -0.25) is 9.79 Å². The lowest BCUT2D eigenvalue weighted by atomic mass is 10.1. The van der Waals surface area contributed by atoms with Crippen molar-refractivity contribution in [3.8, 4) is 0 Å². The summed E-state index contributed by atoms with van der Waals surface area (Å²) >= 11 is 0. The van der Waals surface area contributed by atoms with E-state index in [0.717, 1.165) is 48.2 Å². The van der Waals surface area contributed by atoms with Gasteiger partial charge in [0, 0.05) is 60.2 Å². The Hall–Kier alpha value is -4.00. The number of carbonyl (C=O) groups is 1. The first-order valence-corrected chi connectivity index (χ1v) is 11.3. The van der Waals surface area contributed by atoms with Crippen LogP contribution in [-0.4, -0.2) is 46.3 Å². The van der Waals surface area contributed by atoms with E-state index in [4.69, 9.17) is 0 Å². The SMILES string of the molecule is O=C(Cc1ccnnc1)c1cc2ccc(N3CCC(Nc4ccc5c(c4)C=NC5)C3)cc2[nH]1. The van der Waals surface area contributed by atoms with E-state index in [1.54, 1.807) is 12.4 Å². The van der Waals surface area contributed by atoms with Gasteiger partial charge in [0.1, 0.15) is 0 Å². The second-order valence-corrected chi connectivity index (χ2v) is 8.76. The monoisotopic (exact) mass is 436 g/mol. The van der Waals surface area contributed by atoms with Crippen LogP contribution in [0.15, 0.2) is 65.9 Å². The lowest BCUT2D eigenvalue weighted by Crippen LogP contribution is -2.26. The van der Waals surface area contributed by atoms with Gasteiger partial charge >= 0.3 is 0 Å². The number of carbonyl (C=O) groups excluding carboxylic acids is 1. The minimum absolute atomic E-state index is 0.0468. The number of hydrogen-bond donors (Lipinski definition) is 2. The molecule has 4 aromatic rings. The summed E-state index contributed by atoms with van der Waals surface area (Å²) in [5.74, 6) is 0.0468. The molecule has 6 rings (SSSR count). The van der Waals surface area contributed by atoms with Crippen LogP contribution in [0.25, 0.3) is 10.9 Å². The molecule has 2 aliphatic rings. The molecule has 0 bridgehead atoms. The summed E-state index contributed by atoms with van der Waals surface area (Å²) in [5, 5.41) is 12.3. The third-order valence-corrected chi connectivity index (χ3v) is 6.48. The van der Waals surface area contributed by atoms with Crippen molar-refractivity contribution in [2.45, 2.75) is 25.4 Å². The number of ketones is 1. The number of nitrogens with zero attached hydrogens (tertiary/aromatic N) is 4. The first kappa shape index (κ1) is 19.7. The van der Waals surface area contributed by atoms with Gasteiger partial charge in [-0.2, -0.15) is 10.2 Å². The molecule has 0 amide bonds. The summed E-state index contributed by atoms with van der Waals surface area (Å²) < 4.78 is 0. The molecule has 0 saturated carbocycles. The molecule has 0 radical (unpaired) electrons. The predicted octanol–water partition coefficient (Wildman–Crippen LogP) is 4.01. The Morgan fingerprint density at radius 2 is 2.09 bits per heavy atom. The molecule has 1 fully saturated rings. The Morgan fingerprint density at radius 3 is 3.00 bits per heavy atom. The first-order valence-electron chi connectivity index (χ1n) is 11.3. The smallest absolute Gasteiger partial charge is 0.183 e. The van der Waals surface area contributed by atoms with Gasteiger partial charge in [0.05, 0.1) is 18.4 Å². The van der Waals surface area contributed by atoms with Crippen molar-refractivity contribution in [2.75, 3.05) is 23.3 Å². The van der Waals surface area contributed by atoms with Gasteiger partial charge in [-0.15, -0.1) is 0 Å². The molecular weight excluding hydrogens is 412 g/mol. The Labute approximate surface area is 191 Å². The minimum atomic E-state index is 0.0468. The molecule has 33 heavy (non-hydrogen) atoms. The molecule has 2 N–H and O–H groups in total. The summed E-state index contributed by atoms with van der Waals surface area (Å²) in [4.78, 5) is 22.8. The summed E-state index contributed by atoms with van der Waals surface area (Å²) in [6.07, 6.45) is 6.59. The maximum atomic E-state index is 12.7. The normalized spacial score (nSPS) is 17.0. The topological polar surface area (TPSA) is 86.3 Å². The van der Waals surface area contributed by atoms with Gasteiger partial charge in [0.2, 0.25) is 0 Å². The van der Waals surface area contributed by atoms with Crippen LogP contribution in [0.2, 0.25) is 0 Å². The second kappa shape index (κ2) is 8.16. The fourth-order valence-electron chi connectivity index (χ4n) is 4.70. The maximum Gasteiger partial charge on any atom is 0.183 e. The molecule has 1 atom stereocenters. The Morgan fingerprint density at radius 1 is 1.12 bits per heavy atom. The van der Waals surface area contributed by atoms with Crippen LogP contribution >= 0.6 is 0 Å². The van der Waals surface area contributed by atoms with E-state index in [1.807, 2.05) is 18.3 Å². The van der Waals surface area contributed by atoms with Crippen molar-refractivity contribution < 1.29 is 4.79 Å². The van der Waals surface area contributed by atoms with Crippen LogP contribution < -0.4 is 10.2 Å². The van der Waals surface area contributed by atoms with Crippen molar-refractivity contribution >= 4 is 34.3 Å². The van der Waals surface area contributed by atoms with Crippen molar-refractivity contribution in [3.63, 3.8) is 0 Å². The average Bonchev–Trinajstić information content (AvgIpc) is 3.58. The van der Waals surface area contributed by atoms with E-state index in [0.29, 0.717) is 18.2 Å². The van der Waals surface area contributed by atoms with E-state index in [-0.39, 0.29) is 5.78 Å². The zero-order chi connectivity index (χ0) is 22.2. The highest BCUT2D eigenvalue weighted by atomic mass is 16.1. The molecule has 2 aromatic carbocycles. The highest BCUT2D eigenvalue weighted by Gasteiger charge is 2.23. The number of aliphatic imine (C=N–C) groups is 1. The van der Waals surface area contributed by atoms with Crippen LogP contribution in [0.1, 0.15) is 33.6 Å². The minimum Gasteiger partial charge on any atom is -0.380 e. The third-order valence-electron chi connectivity index (χ3n) is 6.48. The first-order chi connectivity index (χ1) is 16.2. The highest BCUT2D eigenvalue weighted by Crippen LogP contribution is 2.28. The Kier molecular flexibility index (Phi) is 4.87. The van der Waals surface area contributed by atoms with Crippen LogP contribution in [-0.2, 0) is 13.0 Å². The second-order valence-electron chi connectivity index (χ2n) is 8.76. The number of benzene rings is 2. The number of nitrogens with one attached hydrogen (secondary N) is 2. The van der Waals surface area contributed by atoms with E-state index in [1.165, 1.54) is 16.8 Å². The van der Waals surface area contributed by atoms with Crippen LogP contribution in [0.3, 0.4) is 0 Å². The van der Waals surface area contributed by atoms with E-state index < -0.39 is 0 Å². The summed E-state index contributed by atoms with van der Waals surface area (Å²) in [6.45, 7) is 2.73. The molecule has 1 saturated heterocycles. The largest absolute Gasteiger partial charge is 0.380 e. The number of Topliss-reactive ketones (excluding diaryl/α,β-unsaturated/α-hetero) is 1. The number of rotatable bonds is 6. The van der Waals surface area contributed by atoms with Crippen LogP contribution in [0.5, 0.6) is 0 Å². The van der Waals surface area contributed by atoms with Crippen LogP contribution in [0, 0.1) is 0 Å². The van der Waals surface area contributed by atoms with Crippen molar-refractivity contribution in [1.82, 2.24) is 15.2 Å². The molecule has 0 aliphatic carbocycles. The lowest BCUT2D eigenvalue weighted by molar-refractivity contribution is 0.0989. The molecule has 7 nitrogen and oxygen atoms in total. The van der Waals surface area contributed by atoms with Gasteiger partial charge in [0.15, 0.2) is 5.78 Å². The standard InChI is InChI=1S/C26H24N6O/c33-26(9-17-5-7-28-29-13-17)25-11-18-2-4-23(12-24(18)31-25)32-8-6-22(16-32)30-21-3-1-19-14-27-15-20(19)10-21/h1-5,7,10-13,15,22,30-31H,6,8-9,14,16H2. The molecule has 1 unspecified atom stereocenters. The Bertz CT molecular complexity index is 1360. The molecule has 4 heterocycles. The number of hydrogen-bond acceptors (Lipinski definition) is 6. The van der Waals surface area contributed by atoms with Crippen molar-refractivity contribution in [2.24, 2.45) is 4.99 Å². The Balaban J connectivity index is 1.14. The number of H-pyrrole nitrogens is 1. The zero-order valence-corrected chi connectivity index (χ0v) is 18.2. The average molecular weight is 437 g/mol. The van der Waals surface area contributed by atoms with E-state index >= 15 is 0 Å². The van der Waals surface area contributed by atoms with Gasteiger partial charge in [-0.05, 0) is 59.5 Å². The van der Waals surface area contributed by atoms with Crippen LogP contribution in [0.4, 0.5) is 11.4 Å². The predicted molar refractivity (Wildman–Crippen MR) is 130 cm³/mol. The summed E-state index contributed by atoms with van der Waals surface area (Å²) in [6, 6.07) is 17.0. The highest BCUT2D eigenvalue weighted by molar-refractivity contribution is 6.00. The summed E-state index contributed by atoms with van der Waals surface area (Å²) in [5.41, 5.74) is 7.31. The van der Waals surface area contributed by atoms with E-state index in [9.17, 15) is 4.79 Å². The molecule has 7 heteroatoms. The molecule has 2 aromatic heterocycles. The number of aromatic nitrogens is 3. The number of anilines is 2. The molecule has 2 aliphatic heterocycles. The van der Waals surface area contributed by atoms with Gasteiger partial charge in [-0.25, -0.2) is 0 Å². The molecular formula is C26H24N6O. The van der Waals surface area contributed by atoms with E-state index in [2.05, 4.69) is 66.8 Å². The third kappa shape index (κ3) is 3.98. The van der Waals surface area contributed by atoms with Crippen molar-refractivity contribution in [1.29, 1.82) is 0 Å². The summed E-state index contributed by atoms with van der Waals surface area (Å²) in [7, 11) is 0. The number of aromatic amines is 1. The molecule has 164 valence electrons. The molecule has 0 spiro atoms. The van der Waals surface area contributed by atoms with Crippen molar-refractivity contribution in [3.05, 3.63) is 83.3 Å². The maximum absolute atomic E-state index is 12.7. The number of fused-ring (bicyclic) bond motifs is 2. The van der Waals surface area contributed by atoms with Gasteiger partial charge in [-0.1, -0.05) is 12.1 Å².